The summed E-state index contributed by atoms with van der Waals surface area (Å²) in [6, 6.07) is 1.21. The number of benzene rings is 1. The average molecular weight is 347 g/mol. The van der Waals surface area contributed by atoms with Gasteiger partial charge in [-0.05, 0) is 36.8 Å². The Kier molecular flexibility index (Phi) is 6.18. The number of carbonyl (C=O) groups is 1. The third-order valence-electron chi connectivity index (χ3n) is 4.43. The van der Waals surface area contributed by atoms with Gasteiger partial charge in [-0.3, -0.25) is 0 Å². The number of halogens is 3. The SMILES string of the molecule is O=C(NCC1(CCO)CCCCC1)Nc1c(F)cc(Cl)cc1F. The van der Waals surface area contributed by atoms with Gasteiger partial charge in [0.2, 0.25) is 0 Å². The summed E-state index contributed by atoms with van der Waals surface area (Å²) < 4.78 is 27.3. The van der Waals surface area contributed by atoms with Crippen LogP contribution in [0.3, 0.4) is 0 Å². The molecule has 1 saturated carbocycles. The van der Waals surface area contributed by atoms with Crippen molar-refractivity contribution in [2.24, 2.45) is 5.41 Å². The van der Waals surface area contributed by atoms with Crippen LogP contribution in [0.4, 0.5) is 19.3 Å². The zero-order valence-electron chi connectivity index (χ0n) is 12.8. The number of urea groups is 1. The molecular formula is C16H21ClF2N2O2. The number of carbonyl (C=O) groups excluding carboxylic acids is 1. The molecule has 0 atom stereocenters. The molecule has 1 aliphatic rings. The molecule has 0 radical (unpaired) electrons. The highest BCUT2D eigenvalue weighted by Gasteiger charge is 2.31. The van der Waals surface area contributed by atoms with Gasteiger partial charge in [-0.1, -0.05) is 30.9 Å². The van der Waals surface area contributed by atoms with Crippen LogP contribution in [-0.4, -0.2) is 24.3 Å². The Balaban J connectivity index is 1.96. The average Bonchev–Trinajstić information content (AvgIpc) is 2.50. The molecule has 2 rings (SSSR count). The summed E-state index contributed by atoms with van der Waals surface area (Å²) in [5.74, 6) is -1.85. The third-order valence-corrected chi connectivity index (χ3v) is 4.64. The van der Waals surface area contributed by atoms with E-state index in [1.807, 2.05) is 0 Å². The molecule has 23 heavy (non-hydrogen) atoms. The Morgan fingerprint density at radius 1 is 1.22 bits per heavy atom. The Labute approximate surface area is 139 Å². The standard InChI is InChI=1S/C16H21ClF2N2O2/c17-11-8-12(18)14(13(19)9-11)21-15(23)20-10-16(6-7-22)4-2-1-3-5-16/h8-9,22H,1-7,10H2,(H2,20,21,23). The number of hydrogen-bond donors (Lipinski definition) is 3. The number of aliphatic hydroxyl groups excluding tert-OH is 1. The van der Waals surface area contributed by atoms with E-state index < -0.39 is 23.4 Å². The van der Waals surface area contributed by atoms with Crippen molar-refractivity contribution in [3.63, 3.8) is 0 Å². The molecule has 1 aromatic rings. The van der Waals surface area contributed by atoms with Gasteiger partial charge in [-0.2, -0.15) is 0 Å². The highest BCUT2D eigenvalue weighted by atomic mass is 35.5. The van der Waals surface area contributed by atoms with E-state index in [0.29, 0.717) is 13.0 Å². The van der Waals surface area contributed by atoms with Crippen LogP contribution >= 0.6 is 11.6 Å². The van der Waals surface area contributed by atoms with Gasteiger partial charge in [-0.15, -0.1) is 0 Å². The maximum absolute atomic E-state index is 13.7. The normalized spacial score (nSPS) is 16.9. The Morgan fingerprint density at radius 3 is 2.39 bits per heavy atom. The quantitative estimate of drug-likeness (QED) is 0.752. The van der Waals surface area contributed by atoms with Crippen LogP contribution in [0.1, 0.15) is 38.5 Å². The van der Waals surface area contributed by atoms with Gasteiger partial charge in [0.1, 0.15) is 5.69 Å². The minimum Gasteiger partial charge on any atom is -0.396 e. The van der Waals surface area contributed by atoms with Crippen molar-refractivity contribution in [1.82, 2.24) is 5.32 Å². The van der Waals surface area contributed by atoms with E-state index in [1.54, 1.807) is 0 Å². The van der Waals surface area contributed by atoms with E-state index in [2.05, 4.69) is 10.6 Å². The number of hydrogen-bond acceptors (Lipinski definition) is 2. The largest absolute Gasteiger partial charge is 0.396 e. The van der Waals surface area contributed by atoms with Gasteiger partial charge < -0.3 is 15.7 Å². The molecule has 0 unspecified atom stereocenters. The summed E-state index contributed by atoms with van der Waals surface area (Å²) >= 11 is 5.54. The Morgan fingerprint density at radius 2 is 1.83 bits per heavy atom. The lowest BCUT2D eigenvalue weighted by Crippen LogP contribution is -2.41. The van der Waals surface area contributed by atoms with Gasteiger partial charge >= 0.3 is 6.03 Å². The van der Waals surface area contributed by atoms with Crippen LogP contribution in [0.25, 0.3) is 0 Å². The first-order chi connectivity index (χ1) is 11.0. The minimum atomic E-state index is -0.923. The molecule has 0 aromatic heterocycles. The van der Waals surface area contributed by atoms with Crippen LogP contribution in [-0.2, 0) is 0 Å². The van der Waals surface area contributed by atoms with Gasteiger partial charge in [0.05, 0.1) is 0 Å². The number of rotatable bonds is 5. The Bertz CT molecular complexity index is 534. The zero-order valence-corrected chi connectivity index (χ0v) is 13.6. The van der Waals surface area contributed by atoms with Crippen molar-refractivity contribution in [3.05, 3.63) is 28.8 Å². The van der Waals surface area contributed by atoms with Gasteiger partial charge in [0, 0.05) is 18.2 Å². The van der Waals surface area contributed by atoms with E-state index in [-0.39, 0.29) is 17.0 Å². The summed E-state index contributed by atoms with van der Waals surface area (Å²) in [5, 5.41) is 14.0. The lowest BCUT2D eigenvalue weighted by Gasteiger charge is -2.37. The maximum atomic E-state index is 13.7. The van der Waals surface area contributed by atoms with Crippen molar-refractivity contribution in [3.8, 4) is 0 Å². The van der Waals surface area contributed by atoms with Crippen molar-refractivity contribution in [2.45, 2.75) is 38.5 Å². The molecule has 128 valence electrons. The molecule has 0 saturated heterocycles. The number of nitrogens with one attached hydrogen (secondary N) is 2. The monoisotopic (exact) mass is 346 g/mol. The molecular weight excluding hydrogens is 326 g/mol. The second-order valence-corrected chi connectivity index (χ2v) is 6.52. The number of aliphatic hydroxyl groups is 1. The molecule has 0 spiro atoms. The fraction of sp³-hybridized carbons (Fsp3) is 0.562. The summed E-state index contributed by atoms with van der Waals surface area (Å²) in [7, 11) is 0. The van der Waals surface area contributed by atoms with E-state index in [1.165, 1.54) is 0 Å². The molecule has 1 aliphatic carbocycles. The third kappa shape index (κ3) is 4.78. The smallest absolute Gasteiger partial charge is 0.319 e. The molecule has 1 fully saturated rings. The highest BCUT2D eigenvalue weighted by molar-refractivity contribution is 6.30. The van der Waals surface area contributed by atoms with Crippen LogP contribution in [0.2, 0.25) is 5.02 Å². The summed E-state index contributed by atoms with van der Waals surface area (Å²) in [4.78, 5) is 11.9. The van der Waals surface area contributed by atoms with Crippen molar-refractivity contribution in [2.75, 3.05) is 18.5 Å². The van der Waals surface area contributed by atoms with E-state index in [0.717, 1.165) is 44.2 Å². The number of amides is 2. The van der Waals surface area contributed by atoms with Gasteiger partial charge in [-0.25, -0.2) is 13.6 Å². The van der Waals surface area contributed by atoms with Crippen LogP contribution < -0.4 is 10.6 Å². The van der Waals surface area contributed by atoms with Crippen molar-refractivity contribution >= 4 is 23.3 Å². The van der Waals surface area contributed by atoms with Crippen molar-refractivity contribution < 1.29 is 18.7 Å². The minimum absolute atomic E-state index is 0.0593. The summed E-state index contributed by atoms with van der Waals surface area (Å²) in [6.07, 6.45) is 5.74. The first kappa shape index (κ1) is 17.9. The fourth-order valence-corrected chi connectivity index (χ4v) is 3.33. The molecule has 2 amide bonds. The molecule has 7 heteroatoms. The van der Waals surface area contributed by atoms with E-state index >= 15 is 0 Å². The fourth-order valence-electron chi connectivity index (χ4n) is 3.14. The predicted molar refractivity (Wildman–Crippen MR) is 85.6 cm³/mol. The molecule has 3 N–H and O–H groups in total. The lowest BCUT2D eigenvalue weighted by atomic mass is 9.72. The van der Waals surface area contributed by atoms with E-state index in [9.17, 15) is 18.7 Å². The topological polar surface area (TPSA) is 61.4 Å². The second-order valence-electron chi connectivity index (χ2n) is 6.09. The number of anilines is 1. The summed E-state index contributed by atoms with van der Waals surface area (Å²) in [5.41, 5.74) is -0.659. The zero-order chi connectivity index (χ0) is 16.9. The van der Waals surface area contributed by atoms with E-state index in [4.69, 9.17) is 11.6 Å². The molecule has 1 aromatic carbocycles. The van der Waals surface area contributed by atoms with Gasteiger partial charge in [0.25, 0.3) is 0 Å². The van der Waals surface area contributed by atoms with Crippen molar-refractivity contribution in [1.29, 1.82) is 0 Å². The molecule has 4 nitrogen and oxygen atoms in total. The Hall–Kier alpha value is -1.40. The molecule has 0 aliphatic heterocycles. The predicted octanol–water partition coefficient (Wildman–Crippen LogP) is 4.07. The first-order valence-corrected chi connectivity index (χ1v) is 8.14. The van der Waals surface area contributed by atoms with Crippen LogP contribution in [0, 0.1) is 17.0 Å². The maximum Gasteiger partial charge on any atom is 0.319 e. The summed E-state index contributed by atoms with van der Waals surface area (Å²) in [6.45, 7) is 0.431. The first-order valence-electron chi connectivity index (χ1n) is 7.76. The molecule has 0 heterocycles. The van der Waals surface area contributed by atoms with Crippen LogP contribution in [0.15, 0.2) is 12.1 Å². The second kappa shape index (κ2) is 7.93. The van der Waals surface area contributed by atoms with Gasteiger partial charge in [0.15, 0.2) is 11.6 Å². The highest BCUT2D eigenvalue weighted by Crippen LogP contribution is 2.38. The lowest BCUT2D eigenvalue weighted by molar-refractivity contribution is 0.128. The van der Waals surface area contributed by atoms with Crippen LogP contribution in [0.5, 0.6) is 0 Å². The molecule has 0 bridgehead atoms.